The van der Waals surface area contributed by atoms with Gasteiger partial charge in [0.2, 0.25) is 0 Å². The van der Waals surface area contributed by atoms with Crippen LogP contribution >= 0.6 is 0 Å². The molecule has 1 aliphatic heterocycles. The molecule has 1 saturated heterocycles. The summed E-state index contributed by atoms with van der Waals surface area (Å²) >= 11 is 0. The minimum absolute atomic E-state index is 0.175. The first-order chi connectivity index (χ1) is 9.52. The van der Waals surface area contributed by atoms with E-state index in [2.05, 4.69) is 21.0 Å². The molecule has 0 bridgehead atoms. The third-order valence-electron chi connectivity index (χ3n) is 3.62. The molecular formula is C13H19N5O2. The number of rotatable bonds is 4. The number of carboxylic acid groups (broad SMARTS) is 1. The number of anilines is 1. The highest BCUT2D eigenvalue weighted by Crippen LogP contribution is 2.23. The fourth-order valence-corrected chi connectivity index (χ4v) is 2.58. The second-order valence-electron chi connectivity index (χ2n) is 4.99. The van der Waals surface area contributed by atoms with Crippen molar-refractivity contribution >= 4 is 11.8 Å². The molecule has 2 heterocycles. The van der Waals surface area contributed by atoms with E-state index >= 15 is 0 Å². The van der Waals surface area contributed by atoms with Crippen LogP contribution in [0.2, 0.25) is 0 Å². The Hall–Kier alpha value is -2.07. The van der Waals surface area contributed by atoms with Crippen molar-refractivity contribution in [3.05, 3.63) is 11.3 Å². The van der Waals surface area contributed by atoms with Gasteiger partial charge in [-0.15, -0.1) is 0 Å². The highest BCUT2D eigenvalue weighted by Gasteiger charge is 2.23. The fourth-order valence-electron chi connectivity index (χ4n) is 2.58. The van der Waals surface area contributed by atoms with Crippen LogP contribution in [0.25, 0.3) is 0 Å². The number of hydrogen-bond acceptors (Lipinski definition) is 5. The Morgan fingerprint density at radius 2 is 2.05 bits per heavy atom. The molecule has 0 spiro atoms. The van der Waals surface area contributed by atoms with E-state index in [1.54, 1.807) is 4.68 Å². The summed E-state index contributed by atoms with van der Waals surface area (Å²) in [6, 6.07) is 2.22. The quantitative estimate of drug-likeness (QED) is 0.846. The second kappa shape index (κ2) is 5.92. The smallest absolute Gasteiger partial charge is 0.304 e. The molecule has 0 aliphatic carbocycles. The molecule has 1 N–H and O–H groups in total. The number of hydrogen-bond donors (Lipinski definition) is 1. The minimum atomic E-state index is -0.763. The monoisotopic (exact) mass is 277 g/mol. The number of nitrogens with zero attached hydrogens (tertiary/aromatic N) is 5. The van der Waals surface area contributed by atoms with Crippen LogP contribution in [0.4, 0.5) is 5.82 Å². The lowest BCUT2D eigenvalue weighted by Gasteiger charge is -2.35. The Labute approximate surface area is 118 Å². The second-order valence-corrected chi connectivity index (χ2v) is 4.99. The molecule has 1 aliphatic rings. The minimum Gasteiger partial charge on any atom is -0.481 e. The first kappa shape index (κ1) is 14.3. The Kier molecular flexibility index (Phi) is 4.25. The topological polar surface area (TPSA) is 85.4 Å². The van der Waals surface area contributed by atoms with Gasteiger partial charge in [-0.1, -0.05) is 0 Å². The summed E-state index contributed by atoms with van der Waals surface area (Å²) in [5.41, 5.74) is 1.38. The van der Waals surface area contributed by atoms with E-state index < -0.39 is 5.97 Å². The van der Waals surface area contributed by atoms with Gasteiger partial charge in [0.05, 0.1) is 12.1 Å². The van der Waals surface area contributed by atoms with Crippen molar-refractivity contribution in [3.63, 3.8) is 0 Å². The highest BCUT2D eigenvalue weighted by molar-refractivity contribution is 5.66. The molecule has 1 aromatic heterocycles. The Bertz CT molecular complexity index is 538. The predicted octanol–water partition coefficient (Wildman–Crippen LogP) is 0.197. The van der Waals surface area contributed by atoms with E-state index in [0.29, 0.717) is 12.1 Å². The van der Waals surface area contributed by atoms with Crippen LogP contribution in [0.15, 0.2) is 0 Å². The molecule has 0 amide bonds. The van der Waals surface area contributed by atoms with E-state index in [0.717, 1.165) is 37.7 Å². The molecule has 0 unspecified atom stereocenters. The number of aryl methyl sites for hydroxylation is 2. The van der Waals surface area contributed by atoms with Crippen molar-refractivity contribution in [2.75, 3.05) is 37.6 Å². The summed E-state index contributed by atoms with van der Waals surface area (Å²) in [7, 11) is 1.85. The van der Waals surface area contributed by atoms with Gasteiger partial charge in [0.25, 0.3) is 0 Å². The van der Waals surface area contributed by atoms with E-state index in [1.807, 2.05) is 14.0 Å². The zero-order chi connectivity index (χ0) is 14.7. The van der Waals surface area contributed by atoms with Crippen molar-refractivity contribution < 1.29 is 9.90 Å². The Morgan fingerprint density at radius 1 is 1.40 bits per heavy atom. The third kappa shape index (κ3) is 2.91. The van der Waals surface area contributed by atoms with Crippen LogP contribution in [0.1, 0.15) is 17.7 Å². The summed E-state index contributed by atoms with van der Waals surface area (Å²) < 4.78 is 1.75. The summed E-state index contributed by atoms with van der Waals surface area (Å²) in [4.78, 5) is 14.9. The molecule has 1 aromatic rings. The van der Waals surface area contributed by atoms with E-state index in [-0.39, 0.29) is 6.42 Å². The molecule has 1 fully saturated rings. The SMILES string of the molecule is Cc1nn(C)c(N2CCN(CCC(=O)O)CC2)c1C#N. The molecular weight excluding hydrogens is 258 g/mol. The van der Waals surface area contributed by atoms with Crippen molar-refractivity contribution in [1.29, 1.82) is 5.26 Å². The van der Waals surface area contributed by atoms with Crippen molar-refractivity contribution in [1.82, 2.24) is 14.7 Å². The number of aromatic nitrogens is 2. The maximum Gasteiger partial charge on any atom is 0.304 e. The standard InChI is InChI=1S/C13H19N5O2/c1-10-11(9-14)13(16(2)15-10)18-7-5-17(6-8-18)4-3-12(19)20/h3-8H2,1-2H3,(H,19,20). The van der Waals surface area contributed by atoms with Gasteiger partial charge in [0.15, 0.2) is 0 Å². The fraction of sp³-hybridized carbons (Fsp3) is 0.615. The first-order valence-electron chi connectivity index (χ1n) is 6.65. The summed E-state index contributed by atoms with van der Waals surface area (Å²) in [6.45, 7) is 5.61. The average Bonchev–Trinajstić information content (AvgIpc) is 2.71. The molecule has 20 heavy (non-hydrogen) atoms. The summed E-state index contributed by atoms with van der Waals surface area (Å²) in [6.07, 6.45) is 0.175. The lowest BCUT2D eigenvalue weighted by atomic mass is 10.2. The lowest BCUT2D eigenvalue weighted by molar-refractivity contribution is -0.137. The molecule has 7 nitrogen and oxygen atoms in total. The maximum absolute atomic E-state index is 10.6. The molecule has 0 atom stereocenters. The largest absolute Gasteiger partial charge is 0.481 e. The average molecular weight is 277 g/mol. The predicted molar refractivity (Wildman–Crippen MR) is 73.6 cm³/mol. The van der Waals surface area contributed by atoms with Crippen LogP contribution in [0.3, 0.4) is 0 Å². The van der Waals surface area contributed by atoms with Gasteiger partial charge < -0.3 is 10.0 Å². The Morgan fingerprint density at radius 3 is 2.60 bits per heavy atom. The normalized spacial score (nSPS) is 16.1. The van der Waals surface area contributed by atoms with Crippen LogP contribution in [-0.2, 0) is 11.8 Å². The van der Waals surface area contributed by atoms with Crippen molar-refractivity contribution in [2.45, 2.75) is 13.3 Å². The van der Waals surface area contributed by atoms with Gasteiger partial charge in [-0.05, 0) is 6.92 Å². The van der Waals surface area contributed by atoms with Crippen molar-refractivity contribution in [2.24, 2.45) is 7.05 Å². The van der Waals surface area contributed by atoms with Gasteiger partial charge in [-0.25, -0.2) is 0 Å². The first-order valence-corrected chi connectivity index (χ1v) is 6.65. The molecule has 0 saturated carbocycles. The molecule has 2 rings (SSSR count). The van der Waals surface area contributed by atoms with Crippen LogP contribution < -0.4 is 4.90 Å². The number of carboxylic acids is 1. The molecule has 0 radical (unpaired) electrons. The summed E-state index contributed by atoms with van der Waals surface area (Å²) in [5.74, 6) is 0.101. The zero-order valence-corrected chi connectivity index (χ0v) is 11.8. The molecule has 108 valence electrons. The number of piperazine rings is 1. The Balaban J connectivity index is 2.01. The van der Waals surface area contributed by atoms with Gasteiger partial charge >= 0.3 is 5.97 Å². The van der Waals surface area contributed by atoms with Gasteiger partial charge in [0.1, 0.15) is 17.5 Å². The molecule has 0 aromatic carbocycles. The van der Waals surface area contributed by atoms with Crippen LogP contribution in [0.5, 0.6) is 0 Å². The van der Waals surface area contributed by atoms with Crippen LogP contribution in [0, 0.1) is 18.3 Å². The maximum atomic E-state index is 10.6. The van der Waals surface area contributed by atoms with E-state index in [4.69, 9.17) is 5.11 Å². The summed E-state index contributed by atoms with van der Waals surface area (Å²) in [5, 5.41) is 22.2. The van der Waals surface area contributed by atoms with E-state index in [1.165, 1.54) is 0 Å². The van der Waals surface area contributed by atoms with Gasteiger partial charge in [0, 0.05) is 39.8 Å². The zero-order valence-electron chi connectivity index (χ0n) is 11.8. The number of nitriles is 1. The van der Waals surface area contributed by atoms with E-state index in [9.17, 15) is 10.1 Å². The number of carbonyl (C=O) groups is 1. The lowest BCUT2D eigenvalue weighted by Crippen LogP contribution is -2.47. The van der Waals surface area contributed by atoms with Crippen molar-refractivity contribution in [3.8, 4) is 6.07 Å². The van der Waals surface area contributed by atoms with Crippen LogP contribution in [-0.4, -0.2) is 58.5 Å². The number of aliphatic carboxylic acids is 1. The van der Waals surface area contributed by atoms with Gasteiger partial charge in [-0.2, -0.15) is 10.4 Å². The van der Waals surface area contributed by atoms with Gasteiger partial charge in [-0.3, -0.25) is 14.4 Å². The third-order valence-corrected chi connectivity index (χ3v) is 3.62. The molecule has 7 heteroatoms. The highest BCUT2D eigenvalue weighted by atomic mass is 16.4.